The predicted molar refractivity (Wildman–Crippen MR) is 90.2 cm³/mol. The fraction of sp³-hybridized carbons (Fsp3) is 0.471. The van der Waals surface area contributed by atoms with Crippen molar-refractivity contribution in [1.82, 2.24) is 10.3 Å². The van der Waals surface area contributed by atoms with Crippen molar-refractivity contribution in [2.24, 2.45) is 0 Å². The van der Waals surface area contributed by atoms with Gasteiger partial charge in [-0.25, -0.2) is 0 Å². The normalized spacial score (nSPS) is 17.8. The van der Waals surface area contributed by atoms with Crippen molar-refractivity contribution in [3.63, 3.8) is 0 Å². The molecule has 21 heavy (non-hydrogen) atoms. The summed E-state index contributed by atoms with van der Waals surface area (Å²) in [5.41, 5.74) is 2.65. The Balaban J connectivity index is 1.97. The lowest BCUT2D eigenvalue weighted by Crippen LogP contribution is -2.33. The van der Waals surface area contributed by atoms with Crippen LogP contribution in [0.2, 0.25) is 0 Å². The van der Waals surface area contributed by atoms with Crippen molar-refractivity contribution in [3.8, 4) is 0 Å². The van der Waals surface area contributed by atoms with Crippen LogP contribution in [0.4, 0.5) is 5.69 Å². The van der Waals surface area contributed by atoms with E-state index in [1.54, 1.807) is 0 Å². The highest BCUT2D eigenvalue weighted by Gasteiger charge is 2.39. The van der Waals surface area contributed by atoms with Crippen molar-refractivity contribution < 1.29 is 0 Å². The molecule has 0 bridgehead atoms. The Labute approximate surface area is 131 Å². The molecule has 0 unspecified atom stereocenters. The highest BCUT2D eigenvalue weighted by molar-refractivity contribution is 7.10. The second kappa shape index (κ2) is 5.78. The predicted octanol–water partition coefficient (Wildman–Crippen LogP) is 3.59. The van der Waals surface area contributed by atoms with E-state index in [1.807, 2.05) is 24.6 Å². The Kier molecular flexibility index (Phi) is 4.00. The van der Waals surface area contributed by atoms with Gasteiger partial charge in [-0.2, -0.15) is 0 Å². The van der Waals surface area contributed by atoms with Gasteiger partial charge in [-0.15, -0.1) is 11.3 Å². The third kappa shape index (κ3) is 2.70. The first-order valence-corrected chi connectivity index (χ1v) is 8.41. The lowest BCUT2D eigenvalue weighted by Gasteiger charge is -2.31. The van der Waals surface area contributed by atoms with Gasteiger partial charge in [-0.05, 0) is 43.6 Å². The van der Waals surface area contributed by atoms with Crippen molar-refractivity contribution >= 4 is 17.0 Å². The number of rotatable bonds is 5. The Morgan fingerprint density at radius 2 is 2.24 bits per heavy atom. The highest BCUT2D eigenvalue weighted by Crippen LogP contribution is 2.44. The molecule has 0 spiro atoms. The highest BCUT2D eigenvalue weighted by atomic mass is 32.1. The van der Waals surface area contributed by atoms with E-state index in [2.05, 4.69) is 58.7 Å². The minimum absolute atomic E-state index is 0.117. The number of nitrogens with zero attached hydrogens (tertiary/aromatic N) is 2. The van der Waals surface area contributed by atoms with Gasteiger partial charge in [0.2, 0.25) is 0 Å². The summed E-state index contributed by atoms with van der Waals surface area (Å²) in [4.78, 5) is 8.64. The summed E-state index contributed by atoms with van der Waals surface area (Å²) >= 11 is 1.85. The van der Waals surface area contributed by atoms with E-state index in [9.17, 15) is 0 Å². The average Bonchev–Trinajstić information content (AvgIpc) is 3.08. The largest absolute Gasteiger partial charge is 0.361 e. The molecule has 112 valence electrons. The zero-order chi connectivity index (χ0) is 14.9. The molecule has 0 aliphatic carbocycles. The third-order valence-corrected chi connectivity index (χ3v) is 5.19. The monoisotopic (exact) mass is 301 g/mol. The SMILES string of the molecule is CNCC[C@H](c1cccs1)N1CC(C)(C)c2ncccc21. The Bertz CT molecular complexity index is 592. The van der Waals surface area contributed by atoms with Crippen LogP contribution in [0.15, 0.2) is 35.8 Å². The van der Waals surface area contributed by atoms with E-state index >= 15 is 0 Å². The van der Waals surface area contributed by atoms with E-state index in [4.69, 9.17) is 0 Å². The summed E-state index contributed by atoms with van der Waals surface area (Å²) in [6.45, 7) is 6.64. The maximum Gasteiger partial charge on any atom is 0.0710 e. The second-order valence-corrected chi connectivity index (χ2v) is 7.29. The molecule has 2 aromatic rings. The average molecular weight is 301 g/mol. The van der Waals surface area contributed by atoms with Crippen LogP contribution in [0.25, 0.3) is 0 Å². The smallest absolute Gasteiger partial charge is 0.0710 e. The maximum absolute atomic E-state index is 4.65. The number of aromatic nitrogens is 1. The van der Waals surface area contributed by atoms with Gasteiger partial charge < -0.3 is 10.2 Å². The summed E-state index contributed by atoms with van der Waals surface area (Å²) in [7, 11) is 2.02. The van der Waals surface area contributed by atoms with Crippen LogP contribution in [-0.2, 0) is 5.41 Å². The number of thiophene rings is 1. The maximum atomic E-state index is 4.65. The molecule has 4 heteroatoms. The van der Waals surface area contributed by atoms with Crippen molar-refractivity contribution in [2.45, 2.75) is 31.7 Å². The molecule has 1 N–H and O–H groups in total. The standard InChI is InChI=1S/C17H23N3S/c1-17(2)12-20(14-6-4-9-19-16(14)17)13(8-10-18-3)15-7-5-11-21-15/h4-7,9,11,13,18H,8,10,12H2,1-3H3/t13-/m1/s1. The first-order valence-electron chi connectivity index (χ1n) is 7.53. The van der Waals surface area contributed by atoms with Crippen LogP contribution >= 0.6 is 11.3 Å². The first kappa shape index (κ1) is 14.5. The molecule has 0 fully saturated rings. The van der Waals surface area contributed by atoms with E-state index in [0.29, 0.717) is 6.04 Å². The molecule has 1 aliphatic heterocycles. The minimum atomic E-state index is 0.117. The molecule has 1 atom stereocenters. The number of hydrogen-bond donors (Lipinski definition) is 1. The zero-order valence-electron chi connectivity index (χ0n) is 13.0. The van der Waals surface area contributed by atoms with Crippen LogP contribution in [0.1, 0.15) is 36.9 Å². The summed E-state index contributed by atoms with van der Waals surface area (Å²) in [5, 5.41) is 5.46. The fourth-order valence-electron chi connectivity index (χ4n) is 3.23. The van der Waals surface area contributed by atoms with E-state index in [-0.39, 0.29) is 5.41 Å². The zero-order valence-corrected chi connectivity index (χ0v) is 13.8. The molecular weight excluding hydrogens is 278 g/mol. The van der Waals surface area contributed by atoms with Crippen LogP contribution in [0.5, 0.6) is 0 Å². The molecule has 0 saturated heterocycles. The van der Waals surface area contributed by atoms with Gasteiger partial charge in [0.1, 0.15) is 0 Å². The van der Waals surface area contributed by atoms with Gasteiger partial charge in [-0.1, -0.05) is 19.9 Å². The number of nitrogens with one attached hydrogen (secondary N) is 1. The van der Waals surface area contributed by atoms with Crippen molar-refractivity contribution in [1.29, 1.82) is 0 Å². The van der Waals surface area contributed by atoms with Gasteiger partial charge in [0.05, 0.1) is 17.4 Å². The molecule has 0 radical (unpaired) electrons. The lowest BCUT2D eigenvalue weighted by atomic mass is 9.91. The summed E-state index contributed by atoms with van der Waals surface area (Å²) < 4.78 is 0. The van der Waals surface area contributed by atoms with Gasteiger partial charge in [0.25, 0.3) is 0 Å². The van der Waals surface area contributed by atoms with Crippen LogP contribution in [-0.4, -0.2) is 25.1 Å². The summed E-state index contributed by atoms with van der Waals surface area (Å²) in [5.74, 6) is 0. The number of fused-ring (bicyclic) bond motifs is 1. The van der Waals surface area contributed by atoms with Gasteiger partial charge >= 0.3 is 0 Å². The lowest BCUT2D eigenvalue weighted by molar-refractivity contribution is 0.494. The number of hydrogen-bond acceptors (Lipinski definition) is 4. The van der Waals surface area contributed by atoms with Gasteiger partial charge in [0.15, 0.2) is 0 Å². The van der Waals surface area contributed by atoms with Crippen LogP contribution in [0, 0.1) is 0 Å². The Hall–Kier alpha value is -1.39. The van der Waals surface area contributed by atoms with E-state index in [0.717, 1.165) is 19.5 Å². The van der Waals surface area contributed by atoms with Crippen molar-refractivity contribution in [3.05, 3.63) is 46.4 Å². The van der Waals surface area contributed by atoms with Gasteiger partial charge in [0, 0.05) is 23.0 Å². The molecule has 0 amide bonds. The van der Waals surface area contributed by atoms with Crippen LogP contribution in [0.3, 0.4) is 0 Å². The Morgan fingerprint density at radius 3 is 2.95 bits per heavy atom. The number of pyridine rings is 1. The minimum Gasteiger partial charge on any atom is -0.361 e. The molecule has 0 saturated carbocycles. The molecule has 3 nitrogen and oxygen atoms in total. The van der Waals surface area contributed by atoms with E-state index < -0.39 is 0 Å². The molecule has 2 aromatic heterocycles. The topological polar surface area (TPSA) is 28.2 Å². The summed E-state index contributed by atoms with van der Waals surface area (Å²) in [6.07, 6.45) is 3.03. The Morgan fingerprint density at radius 1 is 1.38 bits per heavy atom. The quantitative estimate of drug-likeness (QED) is 0.914. The van der Waals surface area contributed by atoms with E-state index in [1.165, 1.54) is 16.3 Å². The van der Waals surface area contributed by atoms with Crippen LogP contribution < -0.4 is 10.2 Å². The molecular formula is C17H23N3S. The third-order valence-electron chi connectivity index (χ3n) is 4.22. The summed E-state index contributed by atoms with van der Waals surface area (Å²) in [6, 6.07) is 9.11. The van der Waals surface area contributed by atoms with Gasteiger partial charge in [-0.3, -0.25) is 4.98 Å². The molecule has 1 aliphatic rings. The second-order valence-electron chi connectivity index (χ2n) is 6.31. The number of anilines is 1. The molecule has 3 heterocycles. The fourth-order valence-corrected chi connectivity index (χ4v) is 4.10. The molecule has 0 aromatic carbocycles. The van der Waals surface area contributed by atoms with Crippen molar-refractivity contribution in [2.75, 3.05) is 25.0 Å². The molecule has 3 rings (SSSR count). The first-order chi connectivity index (χ1) is 10.1.